The highest BCUT2D eigenvalue weighted by molar-refractivity contribution is 7.20. The molecular formula is C18H20FN3OS. The first-order valence-corrected chi connectivity index (χ1v) is 8.81. The van der Waals surface area contributed by atoms with Crippen molar-refractivity contribution in [3.63, 3.8) is 0 Å². The summed E-state index contributed by atoms with van der Waals surface area (Å²) in [7, 11) is 0. The van der Waals surface area contributed by atoms with Crippen LogP contribution in [0.25, 0.3) is 10.2 Å². The Labute approximate surface area is 144 Å². The number of fused-ring (bicyclic) bond motifs is 1. The van der Waals surface area contributed by atoms with Gasteiger partial charge >= 0.3 is 0 Å². The molecular weight excluding hydrogens is 325 g/mol. The van der Waals surface area contributed by atoms with Gasteiger partial charge in [-0.3, -0.25) is 9.48 Å². The van der Waals surface area contributed by atoms with Crippen molar-refractivity contribution < 1.29 is 9.18 Å². The zero-order chi connectivity index (χ0) is 17.3. The predicted molar refractivity (Wildman–Crippen MR) is 95.1 cm³/mol. The van der Waals surface area contributed by atoms with Crippen molar-refractivity contribution in [1.82, 2.24) is 15.1 Å². The van der Waals surface area contributed by atoms with Gasteiger partial charge in [-0.25, -0.2) is 4.39 Å². The summed E-state index contributed by atoms with van der Waals surface area (Å²) in [6, 6.07) is 8.45. The van der Waals surface area contributed by atoms with Crippen molar-refractivity contribution in [2.24, 2.45) is 0 Å². The molecule has 1 N–H and O–H groups in total. The molecule has 0 saturated carbocycles. The predicted octanol–water partition coefficient (Wildman–Crippen LogP) is 4.12. The Morgan fingerprint density at radius 3 is 2.75 bits per heavy atom. The van der Waals surface area contributed by atoms with Gasteiger partial charge in [0.05, 0.1) is 17.1 Å². The van der Waals surface area contributed by atoms with E-state index in [0.717, 1.165) is 27.9 Å². The molecule has 0 aliphatic carbocycles. The lowest BCUT2D eigenvalue weighted by Gasteiger charge is -2.09. The lowest BCUT2D eigenvalue weighted by molar-refractivity contribution is 0.0943. The topological polar surface area (TPSA) is 46.9 Å². The summed E-state index contributed by atoms with van der Waals surface area (Å²) in [4.78, 5) is 14.0. The van der Waals surface area contributed by atoms with Crippen LogP contribution in [0.15, 0.2) is 30.3 Å². The van der Waals surface area contributed by atoms with Crippen LogP contribution in [-0.4, -0.2) is 21.7 Å². The number of halogens is 1. The standard InChI is InChI=1S/C18H20FN3OS/c1-4-11(2)20-17(23)16-9-15-12(3)21-22(18(15)24-16)10-13-5-7-14(19)8-6-13/h5-9,11H,4,10H2,1-3H3,(H,20,23). The third-order valence-corrected chi connectivity index (χ3v) is 5.21. The van der Waals surface area contributed by atoms with Gasteiger partial charge in [0, 0.05) is 11.4 Å². The molecule has 4 nitrogen and oxygen atoms in total. The van der Waals surface area contributed by atoms with Gasteiger partial charge in [-0.05, 0) is 44.0 Å². The van der Waals surface area contributed by atoms with Gasteiger partial charge in [0.15, 0.2) is 0 Å². The fourth-order valence-corrected chi connectivity index (χ4v) is 3.56. The monoisotopic (exact) mass is 345 g/mol. The Balaban J connectivity index is 1.89. The minimum absolute atomic E-state index is 0.0433. The number of aryl methyl sites for hydroxylation is 1. The van der Waals surface area contributed by atoms with Crippen LogP contribution in [0.3, 0.4) is 0 Å². The summed E-state index contributed by atoms with van der Waals surface area (Å²) >= 11 is 1.44. The number of hydrogen-bond acceptors (Lipinski definition) is 3. The number of carbonyl (C=O) groups excluding carboxylic acids is 1. The summed E-state index contributed by atoms with van der Waals surface area (Å²) in [5.41, 5.74) is 1.87. The van der Waals surface area contributed by atoms with Crippen LogP contribution < -0.4 is 5.32 Å². The van der Waals surface area contributed by atoms with Crippen LogP contribution in [0.1, 0.15) is 41.2 Å². The fraction of sp³-hybridized carbons (Fsp3) is 0.333. The van der Waals surface area contributed by atoms with Crippen LogP contribution in [0.2, 0.25) is 0 Å². The first-order chi connectivity index (χ1) is 11.5. The maximum absolute atomic E-state index is 13.0. The van der Waals surface area contributed by atoms with E-state index in [1.165, 1.54) is 23.5 Å². The second kappa shape index (κ2) is 6.73. The number of benzene rings is 1. The molecule has 0 radical (unpaired) electrons. The van der Waals surface area contributed by atoms with Crippen LogP contribution >= 0.6 is 11.3 Å². The molecule has 0 bridgehead atoms. The summed E-state index contributed by atoms with van der Waals surface area (Å²) < 4.78 is 14.9. The molecule has 0 aliphatic heterocycles. The second-order valence-electron chi connectivity index (χ2n) is 5.98. The normalized spacial score (nSPS) is 12.5. The highest BCUT2D eigenvalue weighted by Crippen LogP contribution is 2.29. The van der Waals surface area contributed by atoms with Crippen molar-refractivity contribution >= 4 is 27.5 Å². The van der Waals surface area contributed by atoms with Gasteiger partial charge in [0.25, 0.3) is 5.91 Å². The molecule has 0 saturated heterocycles. The number of hydrogen-bond donors (Lipinski definition) is 1. The van der Waals surface area contributed by atoms with Gasteiger partial charge in [-0.1, -0.05) is 19.1 Å². The zero-order valence-corrected chi connectivity index (χ0v) is 14.8. The molecule has 0 aliphatic rings. The zero-order valence-electron chi connectivity index (χ0n) is 14.0. The quantitative estimate of drug-likeness (QED) is 0.756. The number of nitrogens with one attached hydrogen (secondary N) is 1. The first kappa shape index (κ1) is 16.6. The first-order valence-electron chi connectivity index (χ1n) is 8.00. The van der Waals surface area contributed by atoms with E-state index in [4.69, 9.17) is 0 Å². The Kier molecular flexibility index (Phi) is 4.66. The van der Waals surface area contributed by atoms with Crippen molar-refractivity contribution in [3.05, 3.63) is 52.3 Å². The molecule has 1 amide bonds. The molecule has 1 aromatic carbocycles. The van der Waals surface area contributed by atoms with Crippen molar-refractivity contribution in [2.75, 3.05) is 0 Å². The third kappa shape index (κ3) is 3.33. The minimum Gasteiger partial charge on any atom is -0.349 e. The van der Waals surface area contributed by atoms with Crippen LogP contribution in [0.5, 0.6) is 0 Å². The minimum atomic E-state index is -0.249. The van der Waals surface area contributed by atoms with E-state index in [-0.39, 0.29) is 17.8 Å². The second-order valence-corrected chi connectivity index (χ2v) is 7.01. The van der Waals surface area contributed by atoms with E-state index in [1.807, 2.05) is 31.5 Å². The smallest absolute Gasteiger partial charge is 0.261 e. The molecule has 6 heteroatoms. The third-order valence-electron chi connectivity index (χ3n) is 4.07. The maximum Gasteiger partial charge on any atom is 0.261 e. The summed E-state index contributed by atoms with van der Waals surface area (Å²) in [6.45, 7) is 6.53. The Hall–Kier alpha value is -2.21. The van der Waals surface area contributed by atoms with Crippen molar-refractivity contribution in [2.45, 2.75) is 39.8 Å². The average Bonchev–Trinajstić information content (AvgIpc) is 3.11. The van der Waals surface area contributed by atoms with Crippen LogP contribution in [0, 0.1) is 12.7 Å². The fourth-order valence-electron chi connectivity index (χ4n) is 2.49. The molecule has 126 valence electrons. The molecule has 1 atom stereocenters. The van der Waals surface area contributed by atoms with E-state index in [9.17, 15) is 9.18 Å². The lowest BCUT2D eigenvalue weighted by Crippen LogP contribution is -2.31. The summed E-state index contributed by atoms with van der Waals surface area (Å²) in [6.07, 6.45) is 0.897. The number of thiophene rings is 1. The largest absolute Gasteiger partial charge is 0.349 e. The maximum atomic E-state index is 13.0. The van der Waals surface area contributed by atoms with E-state index in [2.05, 4.69) is 10.4 Å². The molecule has 24 heavy (non-hydrogen) atoms. The average molecular weight is 345 g/mol. The van der Waals surface area contributed by atoms with E-state index in [0.29, 0.717) is 11.4 Å². The summed E-state index contributed by atoms with van der Waals surface area (Å²) in [5.74, 6) is -0.293. The van der Waals surface area contributed by atoms with Gasteiger partial charge in [0.1, 0.15) is 10.6 Å². The highest BCUT2D eigenvalue weighted by Gasteiger charge is 2.17. The van der Waals surface area contributed by atoms with Crippen LogP contribution in [0.4, 0.5) is 4.39 Å². The molecule has 1 unspecified atom stereocenters. The van der Waals surface area contributed by atoms with Crippen LogP contribution in [-0.2, 0) is 6.54 Å². The van der Waals surface area contributed by atoms with Gasteiger partial charge in [0.2, 0.25) is 0 Å². The number of carbonyl (C=O) groups is 1. The van der Waals surface area contributed by atoms with Gasteiger partial charge in [-0.15, -0.1) is 11.3 Å². The van der Waals surface area contributed by atoms with Gasteiger partial charge in [-0.2, -0.15) is 5.10 Å². The van der Waals surface area contributed by atoms with E-state index in [1.54, 1.807) is 12.1 Å². The Morgan fingerprint density at radius 1 is 1.38 bits per heavy atom. The Bertz CT molecular complexity index is 866. The molecule has 0 fully saturated rings. The number of rotatable bonds is 5. The molecule has 3 rings (SSSR count). The number of amides is 1. The van der Waals surface area contributed by atoms with E-state index >= 15 is 0 Å². The lowest BCUT2D eigenvalue weighted by atomic mass is 10.2. The molecule has 3 aromatic rings. The number of aromatic nitrogens is 2. The molecule has 2 aromatic heterocycles. The van der Waals surface area contributed by atoms with Crippen molar-refractivity contribution in [3.8, 4) is 0 Å². The highest BCUT2D eigenvalue weighted by atomic mass is 32.1. The SMILES string of the molecule is CCC(C)NC(=O)c1cc2c(C)nn(Cc3ccc(F)cc3)c2s1. The number of nitrogens with zero attached hydrogens (tertiary/aromatic N) is 2. The van der Waals surface area contributed by atoms with Gasteiger partial charge < -0.3 is 5.32 Å². The molecule has 2 heterocycles. The molecule has 0 spiro atoms. The summed E-state index contributed by atoms with van der Waals surface area (Å²) in [5, 5.41) is 8.53. The van der Waals surface area contributed by atoms with E-state index < -0.39 is 0 Å². The van der Waals surface area contributed by atoms with Crippen molar-refractivity contribution in [1.29, 1.82) is 0 Å². The Morgan fingerprint density at radius 2 is 2.08 bits per heavy atom.